The highest BCUT2D eigenvalue weighted by atomic mass is 35.5. The van der Waals surface area contributed by atoms with Gasteiger partial charge in [-0.15, -0.1) is 12.4 Å². The van der Waals surface area contributed by atoms with Gasteiger partial charge in [0.2, 0.25) is 5.91 Å². The number of ether oxygens (including phenoxy) is 1. The van der Waals surface area contributed by atoms with Crippen molar-refractivity contribution in [1.82, 2.24) is 9.88 Å². The number of fused-ring (bicyclic) bond motifs is 1. The minimum Gasteiger partial charge on any atom is -0.376 e. The Balaban J connectivity index is 0.00000225. The molecule has 2 atom stereocenters. The minimum atomic E-state index is 0. The van der Waals surface area contributed by atoms with Crippen molar-refractivity contribution in [3.8, 4) is 0 Å². The molecule has 0 aliphatic carbocycles. The molecule has 1 aliphatic rings. The molecule has 5 nitrogen and oxygen atoms in total. The summed E-state index contributed by atoms with van der Waals surface area (Å²) in [5.74, 6) is 0.0294. The lowest BCUT2D eigenvalue weighted by atomic mass is 10.0. The summed E-state index contributed by atoms with van der Waals surface area (Å²) in [6.45, 7) is 5.83. The molecule has 0 saturated carbocycles. The van der Waals surface area contributed by atoms with E-state index >= 15 is 0 Å². The molecule has 1 fully saturated rings. The number of carbonyl (C=O) groups is 1. The molecule has 2 unspecified atom stereocenters. The highest BCUT2D eigenvalue weighted by Gasteiger charge is 2.19. The normalized spacial score (nSPS) is 18.1. The largest absolute Gasteiger partial charge is 0.376 e. The molecule has 3 N–H and O–H groups in total. The highest BCUT2D eigenvalue weighted by Crippen LogP contribution is 2.26. The fourth-order valence-electron chi connectivity index (χ4n) is 3.52. The summed E-state index contributed by atoms with van der Waals surface area (Å²) >= 11 is 0. The Morgan fingerprint density at radius 3 is 2.88 bits per heavy atom. The van der Waals surface area contributed by atoms with E-state index in [1.54, 1.807) is 0 Å². The van der Waals surface area contributed by atoms with Gasteiger partial charge in [-0.2, -0.15) is 0 Å². The summed E-state index contributed by atoms with van der Waals surface area (Å²) in [5.41, 5.74) is 9.47. The van der Waals surface area contributed by atoms with Crippen LogP contribution in [0.25, 0.3) is 10.9 Å². The molecule has 1 aromatic carbocycles. The number of aromatic nitrogens is 1. The summed E-state index contributed by atoms with van der Waals surface area (Å²) in [7, 11) is 0. The second-order valence-electron chi connectivity index (χ2n) is 6.79. The first-order valence-corrected chi connectivity index (χ1v) is 8.77. The lowest BCUT2D eigenvalue weighted by molar-refractivity contribution is -0.122. The summed E-state index contributed by atoms with van der Waals surface area (Å²) in [6, 6.07) is 8.32. The van der Waals surface area contributed by atoms with Crippen molar-refractivity contribution in [3.63, 3.8) is 0 Å². The highest BCUT2D eigenvalue weighted by molar-refractivity contribution is 5.87. The molecule has 138 valence electrons. The molecule has 1 aromatic heterocycles. The van der Waals surface area contributed by atoms with Crippen LogP contribution in [0, 0.1) is 6.92 Å². The van der Waals surface area contributed by atoms with Gasteiger partial charge in [-0.05, 0) is 44.7 Å². The van der Waals surface area contributed by atoms with Gasteiger partial charge in [-0.25, -0.2) is 0 Å². The van der Waals surface area contributed by atoms with Crippen molar-refractivity contribution in [2.45, 2.75) is 51.8 Å². The first-order valence-electron chi connectivity index (χ1n) is 8.77. The van der Waals surface area contributed by atoms with Crippen molar-refractivity contribution in [2.24, 2.45) is 5.73 Å². The van der Waals surface area contributed by atoms with E-state index in [9.17, 15) is 4.79 Å². The van der Waals surface area contributed by atoms with Gasteiger partial charge in [0.25, 0.3) is 0 Å². The number of para-hydroxylation sites is 1. The number of hydrogen-bond acceptors (Lipinski definition) is 3. The van der Waals surface area contributed by atoms with Crippen LogP contribution in [0.2, 0.25) is 0 Å². The second kappa shape index (κ2) is 8.70. The smallest absolute Gasteiger partial charge is 0.240 e. The molecule has 1 aliphatic heterocycles. The average molecular weight is 366 g/mol. The topological polar surface area (TPSA) is 69.3 Å². The number of carbonyl (C=O) groups excluding carboxylic acids is 1. The van der Waals surface area contributed by atoms with E-state index in [0.717, 1.165) is 37.1 Å². The third-order valence-electron chi connectivity index (χ3n) is 4.74. The molecule has 2 heterocycles. The van der Waals surface area contributed by atoms with E-state index in [1.807, 2.05) is 19.1 Å². The van der Waals surface area contributed by atoms with E-state index in [4.69, 9.17) is 10.5 Å². The van der Waals surface area contributed by atoms with Crippen molar-refractivity contribution >= 4 is 29.2 Å². The summed E-state index contributed by atoms with van der Waals surface area (Å²) in [6.07, 6.45) is 3.11. The van der Waals surface area contributed by atoms with Crippen LogP contribution in [-0.2, 0) is 22.5 Å². The zero-order chi connectivity index (χ0) is 17.1. The third-order valence-corrected chi connectivity index (χ3v) is 4.74. The van der Waals surface area contributed by atoms with Crippen molar-refractivity contribution in [1.29, 1.82) is 0 Å². The van der Waals surface area contributed by atoms with Crippen molar-refractivity contribution in [3.05, 3.63) is 35.5 Å². The molecule has 1 amide bonds. The molecule has 0 spiro atoms. The van der Waals surface area contributed by atoms with Crippen LogP contribution in [0.4, 0.5) is 0 Å². The van der Waals surface area contributed by atoms with E-state index < -0.39 is 0 Å². The predicted molar refractivity (Wildman–Crippen MR) is 103 cm³/mol. The van der Waals surface area contributed by atoms with Gasteiger partial charge in [-0.1, -0.05) is 18.2 Å². The zero-order valence-corrected chi connectivity index (χ0v) is 15.8. The quantitative estimate of drug-likeness (QED) is 0.826. The standard InChI is InChI=1S/C19H27N3O2.ClH/c1-13(20)10-17-14(2)22(18-8-4-3-7-16(17)18)12-19(23)21-11-15-6-5-9-24-15;/h3-4,7-8,13,15H,5-6,9-12,20H2,1-2H3,(H,21,23);1H. The molecule has 0 bridgehead atoms. The number of nitrogens with two attached hydrogens (primary N) is 1. The molecule has 0 radical (unpaired) electrons. The Morgan fingerprint density at radius 2 is 2.20 bits per heavy atom. The molecule has 1 saturated heterocycles. The van der Waals surface area contributed by atoms with Gasteiger partial charge < -0.3 is 20.4 Å². The first-order chi connectivity index (χ1) is 11.6. The monoisotopic (exact) mass is 365 g/mol. The Labute approximate surface area is 155 Å². The predicted octanol–water partition coefficient (Wildman–Crippen LogP) is 2.56. The molecule has 2 aromatic rings. The number of hydrogen-bond donors (Lipinski definition) is 2. The van der Waals surface area contributed by atoms with E-state index in [-0.39, 0.29) is 30.5 Å². The molecule has 6 heteroatoms. The molecule has 25 heavy (non-hydrogen) atoms. The van der Waals surface area contributed by atoms with Gasteiger partial charge in [0.1, 0.15) is 6.54 Å². The Morgan fingerprint density at radius 1 is 1.44 bits per heavy atom. The van der Waals surface area contributed by atoms with Gasteiger partial charge >= 0.3 is 0 Å². The number of nitrogens with zero attached hydrogens (tertiary/aromatic N) is 1. The van der Waals surface area contributed by atoms with Gasteiger partial charge in [-0.3, -0.25) is 4.79 Å². The average Bonchev–Trinajstić information content (AvgIpc) is 3.16. The van der Waals surface area contributed by atoms with Gasteiger partial charge in [0.15, 0.2) is 0 Å². The fraction of sp³-hybridized carbons (Fsp3) is 0.526. The van der Waals surface area contributed by atoms with Crippen LogP contribution < -0.4 is 11.1 Å². The first kappa shape index (κ1) is 19.8. The van der Waals surface area contributed by atoms with E-state index in [1.165, 1.54) is 10.9 Å². The van der Waals surface area contributed by atoms with Gasteiger partial charge in [0.05, 0.1) is 6.10 Å². The number of halogens is 1. The maximum atomic E-state index is 12.4. The molecular weight excluding hydrogens is 338 g/mol. The maximum absolute atomic E-state index is 12.4. The maximum Gasteiger partial charge on any atom is 0.240 e. The van der Waals surface area contributed by atoms with Crippen LogP contribution in [-0.4, -0.2) is 35.8 Å². The van der Waals surface area contributed by atoms with E-state index in [2.05, 4.69) is 28.9 Å². The summed E-state index contributed by atoms with van der Waals surface area (Å²) in [5, 5.41) is 4.20. The summed E-state index contributed by atoms with van der Waals surface area (Å²) in [4.78, 5) is 12.4. The Hall–Kier alpha value is -1.56. The lowest BCUT2D eigenvalue weighted by Gasteiger charge is -2.13. The van der Waals surface area contributed by atoms with Crippen molar-refractivity contribution in [2.75, 3.05) is 13.2 Å². The number of rotatable bonds is 6. The van der Waals surface area contributed by atoms with Crippen LogP contribution >= 0.6 is 12.4 Å². The number of nitrogens with one attached hydrogen (secondary N) is 1. The van der Waals surface area contributed by atoms with Crippen LogP contribution in [0.3, 0.4) is 0 Å². The van der Waals surface area contributed by atoms with E-state index in [0.29, 0.717) is 13.1 Å². The van der Waals surface area contributed by atoms with Gasteiger partial charge in [0, 0.05) is 35.8 Å². The fourth-order valence-corrected chi connectivity index (χ4v) is 3.52. The Bertz CT molecular complexity index is 721. The van der Waals surface area contributed by atoms with Crippen LogP contribution in [0.5, 0.6) is 0 Å². The number of benzene rings is 1. The molecular formula is C19H28ClN3O2. The number of amides is 1. The zero-order valence-electron chi connectivity index (χ0n) is 15.0. The summed E-state index contributed by atoms with van der Waals surface area (Å²) < 4.78 is 7.66. The lowest BCUT2D eigenvalue weighted by Crippen LogP contribution is -2.34. The SMILES string of the molecule is Cc1c(CC(C)N)c2ccccc2n1CC(=O)NCC1CCCO1.Cl. The molecule has 3 rings (SSSR count). The van der Waals surface area contributed by atoms with Crippen LogP contribution in [0.15, 0.2) is 24.3 Å². The third kappa shape index (κ3) is 4.54. The Kier molecular flexibility index (Phi) is 6.87. The second-order valence-corrected chi connectivity index (χ2v) is 6.79. The minimum absolute atomic E-state index is 0. The van der Waals surface area contributed by atoms with Crippen molar-refractivity contribution < 1.29 is 9.53 Å². The van der Waals surface area contributed by atoms with Crippen LogP contribution in [0.1, 0.15) is 31.0 Å².